The van der Waals surface area contributed by atoms with Crippen LogP contribution in [0.3, 0.4) is 0 Å². The number of allylic oxidation sites excluding steroid dienone is 1. The van der Waals surface area contributed by atoms with Gasteiger partial charge in [0, 0.05) is 22.6 Å². The van der Waals surface area contributed by atoms with E-state index in [1.807, 2.05) is 37.3 Å². The zero-order valence-corrected chi connectivity index (χ0v) is 14.2. The number of halogens is 1. The second-order valence-electron chi connectivity index (χ2n) is 5.54. The molecule has 4 heteroatoms. The monoisotopic (exact) mass is 342 g/mol. The van der Waals surface area contributed by atoms with E-state index in [-0.39, 0.29) is 12.2 Å². The van der Waals surface area contributed by atoms with Gasteiger partial charge in [-0.25, -0.2) is 0 Å². The fraction of sp³-hybridized carbons (Fsp3) is 0.200. The van der Waals surface area contributed by atoms with Crippen LogP contribution in [0, 0.1) is 6.92 Å². The van der Waals surface area contributed by atoms with Crippen LogP contribution in [0.25, 0.3) is 6.08 Å². The van der Waals surface area contributed by atoms with Crippen LogP contribution < -0.4 is 0 Å². The molecule has 1 N–H and O–H groups in total. The molecule has 2 aromatic carbocycles. The van der Waals surface area contributed by atoms with Gasteiger partial charge in [-0.2, -0.15) is 0 Å². The van der Waals surface area contributed by atoms with Crippen LogP contribution in [0.4, 0.5) is 0 Å². The molecule has 0 saturated carbocycles. The summed E-state index contributed by atoms with van der Waals surface area (Å²) in [5.74, 6) is -0.819. The Balaban J connectivity index is 2.15. The number of aliphatic carboxylic acids is 1. The molecule has 2 rings (SSSR count). The third-order valence-corrected chi connectivity index (χ3v) is 4.04. The van der Waals surface area contributed by atoms with E-state index in [0.29, 0.717) is 29.0 Å². The minimum absolute atomic E-state index is 0.0368. The molecule has 0 atom stereocenters. The minimum atomic E-state index is -0.782. The molecule has 3 nitrogen and oxygen atoms in total. The lowest BCUT2D eigenvalue weighted by Crippen LogP contribution is -2.04. The summed E-state index contributed by atoms with van der Waals surface area (Å²) in [4.78, 5) is 23.1. The van der Waals surface area contributed by atoms with Gasteiger partial charge in [0.15, 0.2) is 5.78 Å². The average molecular weight is 343 g/mol. The summed E-state index contributed by atoms with van der Waals surface area (Å²) in [6.45, 7) is 1.92. The van der Waals surface area contributed by atoms with Gasteiger partial charge in [0.25, 0.3) is 0 Å². The summed E-state index contributed by atoms with van der Waals surface area (Å²) >= 11 is 5.86. The summed E-state index contributed by atoms with van der Waals surface area (Å²) in [7, 11) is 0. The quantitative estimate of drug-likeness (QED) is 0.559. The Labute approximate surface area is 146 Å². The molecule has 0 aliphatic carbocycles. The Kier molecular flexibility index (Phi) is 6.33. The van der Waals surface area contributed by atoms with Crippen molar-refractivity contribution in [3.8, 4) is 0 Å². The molecule has 124 valence electrons. The highest BCUT2D eigenvalue weighted by Gasteiger charge is 2.12. The summed E-state index contributed by atoms with van der Waals surface area (Å²) in [5.41, 5.74) is 3.13. The first-order chi connectivity index (χ1) is 11.5. The Morgan fingerprint density at radius 2 is 1.83 bits per heavy atom. The lowest BCUT2D eigenvalue weighted by Gasteiger charge is -2.08. The molecule has 0 amide bonds. The molecule has 0 fully saturated rings. The van der Waals surface area contributed by atoms with Crippen LogP contribution in [0.5, 0.6) is 0 Å². The molecule has 0 heterocycles. The van der Waals surface area contributed by atoms with Crippen LogP contribution in [0.2, 0.25) is 5.02 Å². The maximum atomic E-state index is 12.6. The lowest BCUT2D eigenvalue weighted by atomic mass is 9.95. The zero-order chi connectivity index (χ0) is 17.5. The van der Waals surface area contributed by atoms with Crippen molar-refractivity contribution in [2.24, 2.45) is 0 Å². The number of carbonyl (C=O) groups excluding carboxylic acids is 1. The minimum Gasteiger partial charge on any atom is -0.481 e. The largest absolute Gasteiger partial charge is 0.481 e. The zero-order valence-electron chi connectivity index (χ0n) is 13.5. The highest BCUT2D eigenvalue weighted by molar-refractivity contribution is 6.30. The van der Waals surface area contributed by atoms with E-state index in [9.17, 15) is 9.59 Å². The third-order valence-electron chi connectivity index (χ3n) is 3.79. The summed E-state index contributed by atoms with van der Waals surface area (Å²) in [5, 5.41) is 9.23. The van der Waals surface area contributed by atoms with E-state index in [1.165, 1.54) is 0 Å². The number of benzene rings is 2. The molecular formula is C20H19ClO3. The van der Waals surface area contributed by atoms with Gasteiger partial charge in [-0.3, -0.25) is 9.59 Å². The molecule has 0 unspecified atom stereocenters. The Morgan fingerprint density at radius 1 is 1.12 bits per heavy atom. The predicted molar refractivity (Wildman–Crippen MR) is 96.6 cm³/mol. The van der Waals surface area contributed by atoms with Gasteiger partial charge in [0.1, 0.15) is 0 Å². The summed E-state index contributed by atoms with van der Waals surface area (Å²) < 4.78 is 0. The first-order valence-corrected chi connectivity index (χ1v) is 8.15. The van der Waals surface area contributed by atoms with Crippen molar-refractivity contribution in [1.29, 1.82) is 0 Å². The second kappa shape index (κ2) is 8.46. The van der Waals surface area contributed by atoms with Gasteiger partial charge < -0.3 is 5.11 Å². The lowest BCUT2D eigenvalue weighted by molar-refractivity contribution is -0.137. The van der Waals surface area contributed by atoms with E-state index >= 15 is 0 Å². The van der Waals surface area contributed by atoms with Crippen molar-refractivity contribution in [2.45, 2.75) is 26.2 Å². The maximum absolute atomic E-state index is 12.6. The van der Waals surface area contributed by atoms with Gasteiger partial charge >= 0.3 is 5.97 Å². The van der Waals surface area contributed by atoms with Crippen molar-refractivity contribution >= 4 is 29.4 Å². The van der Waals surface area contributed by atoms with Crippen LogP contribution in [0.15, 0.2) is 48.5 Å². The van der Waals surface area contributed by atoms with Crippen LogP contribution in [-0.4, -0.2) is 16.9 Å². The number of ketones is 1. The van der Waals surface area contributed by atoms with Crippen molar-refractivity contribution in [2.75, 3.05) is 0 Å². The molecule has 0 aliphatic heterocycles. The highest BCUT2D eigenvalue weighted by atomic mass is 35.5. The van der Waals surface area contributed by atoms with Gasteiger partial charge in [-0.1, -0.05) is 42.0 Å². The fourth-order valence-corrected chi connectivity index (χ4v) is 2.54. The maximum Gasteiger partial charge on any atom is 0.303 e. The molecule has 0 aromatic heterocycles. The molecule has 0 saturated heterocycles. The SMILES string of the molecule is Cc1c(C=CCCCC(=O)O)cccc1C(=O)c1ccc(Cl)cc1. The number of carbonyl (C=O) groups is 2. The first-order valence-electron chi connectivity index (χ1n) is 7.77. The number of rotatable bonds is 7. The number of hydrogen-bond donors (Lipinski definition) is 1. The first kappa shape index (κ1) is 18.0. The standard InChI is InChI=1S/C20H19ClO3/c1-14-15(6-3-2-4-9-19(22)23)7-5-8-18(14)20(24)16-10-12-17(21)13-11-16/h3,5-8,10-13H,2,4,9H2,1H3,(H,22,23). The molecule has 24 heavy (non-hydrogen) atoms. The predicted octanol–water partition coefficient (Wildman–Crippen LogP) is 5.15. The molecule has 2 aromatic rings. The molecule has 0 radical (unpaired) electrons. The Morgan fingerprint density at radius 3 is 2.50 bits per heavy atom. The van der Waals surface area contributed by atoms with Crippen molar-refractivity contribution in [1.82, 2.24) is 0 Å². The number of carboxylic acids is 1. The third kappa shape index (κ3) is 4.80. The number of hydrogen-bond acceptors (Lipinski definition) is 2. The van der Waals surface area contributed by atoms with Crippen molar-refractivity contribution in [3.63, 3.8) is 0 Å². The molecule has 0 aliphatic rings. The smallest absolute Gasteiger partial charge is 0.303 e. The Hall–Kier alpha value is -2.39. The molecule has 0 bridgehead atoms. The topological polar surface area (TPSA) is 54.4 Å². The van der Waals surface area contributed by atoms with E-state index in [2.05, 4.69) is 0 Å². The van der Waals surface area contributed by atoms with Gasteiger partial charge in [-0.15, -0.1) is 0 Å². The van der Waals surface area contributed by atoms with E-state index in [4.69, 9.17) is 16.7 Å². The Bertz CT molecular complexity index is 761. The van der Waals surface area contributed by atoms with E-state index in [0.717, 1.165) is 11.1 Å². The van der Waals surface area contributed by atoms with Crippen LogP contribution in [0.1, 0.15) is 46.3 Å². The summed E-state index contributed by atoms with van der Waals surface area (Å²) in [6, 6.07) is 12.5. The van der Waals surface area contributed by atoms with Crippen LogP contribution >= 0.6 is 11.6 Å². The van der Waals surface area contributed by atoms with Crippen LogP contribution in [-0.2, 0) is 4.79 Å². The molecule has 0 spiro atoms. The summed E-state index contributed by atoms with van der Waals surface area (Å²) in [6.07, 6.45) is 5.35. The number of unbranched alkanes of at least 4 members (excludes halogenated alkanes) is 1. The van der Waals surface area contributed by atoms with E-state index < -0.39 is 5.97 Å². The molecular weight excluding hydrogens is 324 g/mol. The fourth-order valence-electron chi connectivity index (χ4n) is 2.42. The average Bonchev–Trinajstić information content (AvgIpc) is 2.56. The van der Waals surface area contributed by atoms with Gasteiger partial charge in [0.2, 0.25) is 0 Å². The number of carboxylic acid groups (broad SMARTS) is 1. The van der Waals surface area contributed by atoms with Gasteiger partial charge in [0.05, 0.1) is 0 Å². The van der Waals surface area contributed by atoms with E-state index in [1.54, 1.807) is 24.3 Å². The normalized spacial score (nSPS) is 10.9. The van der Waals surface area contributed by atoms with Crippen molar-refractivity contribution < 1.29 is 14.7 Å². The highest BCUT2D eigenvalue weighted by Crippen LogP contribution is 2.20. The second-order valence-corrected chi connectivity index (χ2v) is 5.98. The van der Waals surface area contributed by atoms with Gasteiger partial charge in [-0.05, 0) is 55.2 Å². The van der Waals surface area contributed by atoms with Crippen molar-refractivity contribution in [3.05, 3.63) is 75.8 Å².